The molecule has 3 aromatic rings. The zero-order chi connectivity index (χ0) is 20.5. The standard InChI is InChI=1S/C21H23FN4O2S/c1-28-14-13-26-19(12-7-16-5-3-2-4-6-16)24-25-21(26)29-15-20(27)23-18-10-8-17(22)9-11-18/h2-6,8-11H,7,12-15H2,1H3,(H,23,27). The van der Waals surface area contributed by atoms with Crippen LogP contribution >= 0.6 is 11.8 Å². The topological polar surface area (TPSA) is 69.0 Å². The Kier molecular flexibility index (Phi) is 7.77. The number of halogens is 1. The molecule has 3 rings (SSSR count). The number of aromatic nitrogens is 3. The Balaban J connectivity index is 1.60. The van der Waals surface area contributed by atoms with Crippen LogP contribution in [0.15, 0.2) is 59.8 Å². The minimum Gasteiger partial charge on any atom is -0.383 e. The molecule has 29 heavy (non-hydrogen) atoms. The maximum Gasteiger partial charge on any atom is 0.234 e. The number of hydrogen-bond acceptors (Lipinski definition) is 5. The van der Waals surface area contributed by atoms with E-state index in [4.69, 9.17) is 4.74 Å². The highest BCUT2D eigenvalue weighted by Crippen LogP contribution is 2.19. The largest absolute Gasteiger partial charge is 0.383 e. The number of nitrogens with zero attached hydrogens (tertiary/aromatic N) is 3. The van der Waals surface area contributed by atoms with E-state index in [1.54, 1.807) is 7.11 Å². The Morgan fingerprint density at radius 3 is 2.59 bits per heavy atom. The van der Waals surface area contributed by atoms with Crippen molar-refractivity contribution in [3.8, 4) is 0 Å². The molecule has 0 atom stereocenters. The molecule has 0 spiro atoms. The molecule has 0 aliphatic carbocycles. The van der Waals surface area contributed by atoms with Crippen molar-refractivity contribution >= 4 is 23.4 Å². The molecule has 0 aliphatic rings. The molecule has 0 saturated heterocycles. The number of anilines is 1. The van der Waals surface area contributed by atoms with Crippen molar-refractivity contribution in [2.24, 2.45) is 0 Å². The summed E-state index contributed by atoms with van der Waals surface area (Å²) in [4.78, 5) is 12.2. The SMILES string of the molecule is COCCn1c(CCc2ccccc2)nnc1SCC(=O)Nc1ccc(F)cc1. The number of ether oxygens (including phenoxy) is 1. The summed E-state index contributed by atoms with van der Waals surface area (Å²) in [5.74, 6) is 0.522. The number of amides is 1. The second-order valence-electron chi connectivity index (χ2n) is 6.37. The van der Waals surface area contributed by atoms with Crippen molar-refractivity contribution in [1.29, 1.82) is 0 Å². The molecule has 0 radical (unpaired) electrons. The van der Waals surface area contributed by atoms with Crippen molar-refractivity contribution in [2.75, 3.05) is 24.8 Å². The minimum atomic E-state index is -0.341. The molecule has 2 aromatic carbocycles. The summed E-state index contributed by atoms with van der Waals surface area (Å²) in [6.07, 6.45) is 1.62. The number of nitrogens with one attached hydrogen (secondary N) is 1. The average Bonchev–Trinajstić information content (AvgIpc) is 3.13. The van der Waals surface area contributed by atoms with E-state index in [0.717, 1.165) is 18.7 Å². The van der Waals surface area contributed by atoms with E-state index >= 15 is 0 Å². The number of carbonyl (C=O) groups is 1. The quantitative estimate of drug-likeness (QED) is 0.514. The first-order valence-corrected chi connectivity index (χ1v) is 10.3. The first-order chi connectivity index (χ1) is 14.2. The molecule has 0 aliphatic heterocycles. The predicted molar refractivity (Wildman–Crippen MR) is 112 cm³/mol. The Morgan fingerprint density at radius 2 is 1.86 bits per heavy atom. The Labute approximate surface area is 173 Å². The third-order valence-electron chi connectivity index (χ3n) is 4.25. The van der Waals surface area contributed by atoms with Crippen LogP contribution in [0.4, 0.5) is 10.1 Å². The fourth-order valence-corrected chi connectivity index (χ4v) is 3.56. The first-order valence-electron chi connectivity index (χ1n) is 9.29. The lowest BCUT2D eigenvalue weighted by Gasteiger charge is -2.10. The van der Waals surface area contributed by atoms with Crippen LogP contribution in [-0.2, 0) is 28.9 Å². The lowest BCUT2D eigenvalue weighted by atomic mass is 10.1. The summed E-state index contributed by atoms with van der Waals surface area (Å²) in [5.41, 5.74) is 1.79. The van der Waals surface area contributed by atoms with E-state index in [0.29, 0.717) is 24.0 Å². The van der Waals surface area contributed by atoms with Gasteiger partial charge in [0, 0.05) is 25.8 Å². The van der Waals surface area contributed by atoms with Gasteiger partial charge in [-0.3, -0.25) is 4.79 Å². The number of carbonyl (C=O) groups excluding carboxylic acids is 1. The molecule has 0 saturated carbocycles. The van der Waals surface area contributed by atoms with E-state index in [-0.39, 0.29) is 17.5 Å². The van der Waals surface area contributed by atoms with Crippen molar-refractivity contribution in [3.63, 3.8) is 0 Å². The van der Waals surface area contributed by atoms with Crippen LogP contribution in [0.3, 0.4) is 0 Å². The van der Waals surface area contributed by atoms with Crippen molar-refractivity contribution in [3.05, 3.63) is 71.8 Å². The van der Waals surface area contributed by atoms with Gasteiger partial charge in [-0.1, -0.05) is 42.1 Å². The Morgan fingerprint density at radius 1 is 1.10 bits per heavy atom. The fourth-order valence-electron chi connectivity index (χ4n) is 2.78. The summed E-state index contributed by atoms with van der Waals surface area (Å²) in [6, 6.07) is 15.9. The maximum atomic E-state index is 13.0. The van der Waals surface area contributed by atoms with Crippen LogP contribution < -0.4 is 5.32 Å². The lowest BCUT2D eigenvalue weighted by Crippen LogP contribution is -2.15. The summed E-state index contributed by atoms with van der Waals surface area (Å²) in [7, 11) is 1.65. The number of hydrogen-bond donors (Lipinski definition) is 1. The van der Waals surface area contributed by atoms with Crippen LogP contribution in [0.2, 0.25) is 0 Å². The molecular formula is C21H23FN4O2S. The molecule has 152 valence electrons. The molecule has 1 heterocycles. The van der Waals surface area contributed by atoms with E-state index in [1.807, 2.05) is 22.8 Å². The molecule has 1 N–H and O–H groups in total. The lowest BCUT2D eigenvalue weighted by molar-refractivity contribution is -0.113. The highest BCUT2D eigenvalue weighted by atomic mass is 32.2. The van der Waals surface area contributed by atoms with Crippen molar-refractivity contribution in [2.45, 2.75) is 24.5 Å². The fraction of sp³-hybridized carbons (Fsp3) is 0.286. The molecule has 6 nitrogen and oxygen atoms in total. The van der Waals surface area contributed by atoms with Gasteiger partial charge in [0.05, 0.1) is 12.4 Å². The molecular weight excluding hydrogens is 391 g/mol. The third-order valence-corrected chi connectivity index (χ3v) is 5.22. The normalized spacial score (nSPS) is 10.8. The van der Waals surface area contributed by atoms with Crippen molar-refractivity contribution in [1.82, 2.24) is 14.8 Å². The number of benzene rings is 2. The smallest absolute Gasteiger partial charge is 0.234 e. The van der Waals surface area contributed by atoms with E-state index in [1.165, 1.54) is 41.6 Å². The predicted octanol–water partition coefficient (Wildman–Crippen LogP) is 3.58. The van der Waals surface area contributed by atoms with Crippen molar-refractivity contribution < 1.29 is 13.9 Å². The molecule has 0 fully saturated rings. The van der Waals surface area contributed by atoms with E-state index < -0.39 is 0 Å². The van der Waals surface area contributed by atoms with E-state index in [2.05, 4.69) is 27.6 Å². The third kappa shape index (κ3) is 6.40. The second-order valence-corrected chi connectivity index (χ2v) is 7.32. The number of methoxy groups -OCH3 is 1. The number of thioether (sulfide) groups is 1. The van der Waals surface area contributed by atoms with Gasteiger partial charge < -0.3 is 14.6 Å². The van der Waals surface area contributed by atoms with Crippen LogP contribution in [-0.4, -0.2) is 40.1 Å². The van der Waals surface area contributed by atoms with Gasteiger partial charge in [-0.05, 0) is 36.2 Å². The van der Waals surface area contributed by atoms with Gasteiger partial charge in [0.15, 0.2) is 5.16 Å². The van der Waals surface area contributed by atoms with Gasteiger partial charge in [-0.2, -0.15) is 0 Å². The van der Waals surface area contributed by atoms with Crippen LogP contribution in [0.1, 0.15) is 11.4 Å². The molecule has 1 aromatic heterocycles. The monoisotopic (exact) mass is 414 g/mol. The van der Waals surface area contributed by atoms with Gasteiger partial charge in [0.1, 0.15) is 11.6 Å². The summed E-state index contributed by atoms with van der Waals surface area (Å²) >= 11 is 1.32. The summed E-state index contributed by atoms with van der Waals surface area (Å²) in [6.45, 7) is 1.15. The minimum absolute atomic E-state index is 0.182. The summed E-state index contributed by atoms with van der Waals surface area (Å²) in [5, 5.41) is 12.0. The molecule has 1 amide bonds. The maximum absolute atomic E-state index is 13.0. The van der Waals surface area contributed by atoms with Gasteiger partial charge in [-0.15, -0.1) is 10.2 Å². The Bertz CT molecular complexity index is 916. The average molecular weight is 415 g/mol. The van der Waals surface area contributed by atoms with Crippen LogP contribution in [0, 0.1) is 5.82 Å². The second kappa shape index (κ2) is 10.7. The number of aryl methyl sites for hydroxylation is 2. The highest BCUT2D eigenvalue weighted by Gasteiger charge is 2.14. The highest BCUT2D eigenvalue weighted by molar-refractivity contribution is 7.99. The zero-order valence-corrected chi connectivity index (χ0v) is 17.0. The van der Waals surface area contributed by atoms with Gasteiger partial charge >= 0.3 is 0 Å². The molecule has 8 heteroatoms. The van der Waals surface area contributed by atoms with Crippen LogP contribution in [0.5, 0.6) is 0 Å². The molecule has 0 unspecified atom stereocenters. The summed E-state index contributed by atoms with van der Waals surface area (Å²) < 4.78 is 20.2. The zero-order valence-electron chi connectivity index (χ0n) is 16.2. The van der Waals surface area contributed by atoms with E-state index in [9.17, 15) is 9.18 Å². The number of rotatable bonds is 10. The van der Waals surface area contributed by atoms with Crippen LogP contribution in [0.25, 0.3) is 0 Å². The molecule has 0 bridgehead atoms. The van der Waals surface area contributed by atoms with Gasteiger partial charge in [0.2, 0.25) is 5.91 Å². The first kappa shape index (κ1) is 21.0. The Hall–Kier alpha value is -2.71. The van der Waals surface area contributed by atoms with Gasteiger partial charge in [-0.25, -0.2) is 4.39 Å². The van der Waals surface area contributed by atoms with Gasteiger partial charge in [0.25, 0.3) is 0 Å².